The average molecular weight is 252 g/mol. The zero-order chi connectivity index (χ0) is 13.1. The summed E-state index contributed by atoms with van der Waals surface area (Å²) >= 11 is 4.29. The van der Waals surface area contributed by atoms with Gasteiger partial charge in [-0.15, -0.1) is 0 Å². The minimum Gasteiger partial charge on any atom is -0.493 e. The van der Waals surface area contributed by atoms with Crippen LogP contribution in [0.25, 0.3) is 0 Å². The normalized spacial score (nSPS) is 13.5. The fraction of sp³-hybridized carbons (Fsp3) is 0.600. The van der Waals surface area contributed by atoms with Crippen molar-refractivity contribution in [2.75, 3.05) is 12.4 Å². The van der Waals surface area contributed by atoms with Crippen molar-refractivity contribution in [2.45, 2.75) is 40.0 Å². The summed E-state index contributed by atoms with van der Waals surface area (Å²) in [6.07, 6.45) is 0. The molecule has 0 saturated heterocycles. The summed E-state index contributed by atoms with van der Waals surface area (Å²) in [5.74, 6) is 2.36. The first-order valence-electron chi connectivity index (χ1n) is 6.19. The van der Waals surface area contributed by atoms with Gasteiger partial charge < -0.3 is 4.74 Å². The summed E-state index contributed by atoms with van der Waals surface area (Å²) in [7, 11) is 0. The van der Waals surface area contributed by atoms with E-state index in [2.05, 4.69) is 65.4 Å². The Morgan fingerprint density at radius 3 is 2.47 bits per heavy atom. The predicted molar refractivity (Wildman–Crippen MR) is 78.4 cm³/mol. The van der Waals surface area contributed by atoms with Crippen molar-refractivity contribution in [3.8, 4) is 5.75 Å². The average Bonchev–Trinajstić information content (AvgIpc) is 2.24. The Bertz CT molecular complexity index is 366. The molecule has 0 heterocycles. The van der Waals surface area contributed by atoms with Gasteiger partial charge in [0.1, 0.15) is 5.75 Å². The minimum absolute atomic E-state index is 0.118. The summed E-state index contributed by atoms with van der Waals surface area (Å²) in [6, 6.07) is 6.46. The largest absolute Gasteiger partial charge is 0.493 e. The molecule has 1 atom stereocenters. The maximum absolute atomic E-state index is 5.95. The van der Waals surface area contributed by atoms with Crippen LogP contribution in [0, 0.1) is 12.8 Å². The Balaban J connectivity index is 2.92. The van der Waals surface area contributed by atoms with Crippen LogP contribution in [0.1, 0.15) is 38.8 Å². The van der Waals surface area contributed by atoms with Gasteiger partial charge in [0.15, 0.2) is 0 Å². The number of hydrogen-bond acceptors (Lipinski definition) is 2. The molecule has 17 heavy (non-hydrogen) atoms. The number of thiol groups is 1. The van der Waals surface area contributed by atoms with Crippen LogP contribution < -0.4 is 4.74 Å². The highest BCUT2D eigenvalue weighted by molar-refractivity contribution is 7.80. The maximum atomic E-state index is 5.95. The molecule has 2 heteroatoms. The van der Waals surface area contributed by atoms with E-state index in [4.69, 9.17) is 4.74 Å². The second-order valence-electron chi connectivity index (χ2n) is 5.85. The third-order valence-corrected chi connectivity index (χ3v) is 3.40. The summed E-state index contributed by atoms with van der Waals surface area (Å²) in [4.78, 5) is 0. The summed E-state index contributed by atoms with van der Waals surface area (Å²) < 4.78 is 5.95. The molecule has 0 fully saturated rings. The van der Waals surface area contributed by atoms with Gasteiger partial charge in [-0.3, -0.25) is 0 Å². The Morgan fingerprint density at radius 2 is 1.94 bits per heavy atom. The van der Waals surface area contributed by atoms with E-state index in [0.717, 1.165) is 18.1 Å². The van der Waals surface area contributed by atoms with Gasteiger partial charge in [0.25, 0.3) is 0 Å². The zero-order valence-electron chi connectivity index (χ0n) is 11.6. The zero-order valence-corrected chi connectivity index (χ0v) is 12.5. The molecule has 1 rings (SSSR count). The minimum atomic E-state index is 0.118. The SMILES string of the molecule is Cc1ccc(C(C)(C)C)c(OCC(C)CS)c1. The van der Waals surface area contributed by atoms with Gasteiger partial charge in [-0.2, -0.15) is 12.6 Å². The molecule has 1 aromatic carbocycles. The molecule has 0 aromatic heterocycles. The van der Waals surface area contributed by atoms with E-state index in [1.54, 1.807) is 0 Å². The van der Waals surface area contributed by atoms with E-state index in [1.807, 2.05) is 0 Å². The quantitative estimate of drug-likeness (QED) is 0.789. The molecule has 0 radical (unpaired) electrons. The van der Waals surface area contributed by atoms with Gasteiger partial charge in [-0.1, -0.05) is 39.8 Å². The van der Waals surface area contributed by atoms with Crippen molar-refractivity contribution in [1.82, 2.24) is 0 Å². The molecule has 1 aromatic rings. The second-order valence-corrected chi connectivity index (χ2v) is 6.21. The van der Waals surface area contributed by atoms with Crippen molar-refractivity contribution in [3.63, 3.8) is 0 Å². The highest BCUT2D eigenvalue weighted by Crippen LogP contribution is 2.32. The molecule has 0 saturated carbocycles. The molecule has 0 amide bonds. The lowest BCUT2D eigenvalue weighted by atomic mass is 9.86. The van der Waals surface area contributed by atoms with Crippen LogP contribution in [0.15, 0.2) is 18.2 Å². The van der Waals surface area contributed by atoms with Crippen molar-refractivity contribution >= 4 is 12.6 Å². The van der Waals surface area contributed by atoms with E-state index >= 15 is 0 Å². The Morgan fingerprint density at radius 1 is 1.29 bits per heavy atom. The lowest BCUT2D eigenvalue weighted by Crippen LogP contribution is -2.16. The molecule has 96 valence electrons. The van der Waals surface area contributed by atoms with Gasteiger partial charge in [-0.05, 0) is 41.2 Å². The van der Waals surface area contributed by atoms with Crippen molar-refractivity contribution in [3.05, 3.63) is 29.3 Å². The molecule has 1 unspecified atom stereocenters. The fourth-order valence-electron chi connectivity index (χ4n) is 1.65. The van der Waals surface area contributed by atoms with Gasteiger partial charge in [0.2, 0.25) is 0 Å². The standard InChI is InChI=1S/C15H24OS/c1-11-6-7-13(15(3,4)5)14(8-11)16-9-12(2)10-17/h6-8,12,17H,9-10H2,1-5H3. The van der Waals surface area contributed by atoms with Crippen LogP contribution in [0.2, 0.25) is 0 Å². The van der Waals surface area contributed by atoms with Crippen molar-refractivity contribution < 1.29 is 4.74 Å². The van der Waals surface area contributed by atoms with Crippen LogP contribution in [-0.4, -0.2) is 12.4 Å². The predicted octanol–water partition coefficient (Wildman–Crippen LogP) is 4.24. The molecule has 0 aliphatic heterocycles. The Labute approximate surface area is 111 Å². The summed E-state index contributed by atoms with van der Waals surface area (Å²) in [5.41, 5.74) is 2.63. The molecule has 1 nitrogen and oxygen atoms in total. The van der Waals surface area contributed by atoms with Crippen LogP contribution in [0.4, 0.5) is 0 Å². The monoisotopic (exact) mass is 252 g/mol. The number of ether oxygens (including phenoxy) is 1. The fourth-order valence-corrected chi connectivity index (χ4v) is 1.76. The van der Waals surface area contributed by atoms with Crippen LogP contribution in [0.3, 0.4) is 0 Å². The van der Waals surface area contributed by atoms with Gasteiger partial charge in [0, 0.05) is 0 Å². The van der Waals surface area contributed by atoms with Crippen LogP contribution in [0.5, 0.6) is 5.75 Å². The van der Waals surface area contributed by atoms with Crippen LogP contribution >= 0.6 is 12.6 Å². The molecule has 0 bridgehead atoms. The van der Waals surface area contributed by atoms with Crippen molar-refractivity contribution in [1.29, 1.82) is 0 Å². The van der Waals surface area contributed by atoms with E-state index in [0.29, 0.717) is 5.92 Å². The first-order chi connectivity index (χ1) is 7.84. The third-order valence-electron chi connectivity index (χ3n) is 2.78. The third kappa shape index (κ3) is 4.27. The molecule has 0 N–H and O–H groups in total. The van der Waals surface area contributed by atoms with Gasteiger partial charge in [-0.25, -0.2) is 0 Å². The number of hydrogen-bond donors (Lipinski definition) is 1. The summed E-state index contributed by atoms with van der Waals surface area (Å²) in [5, 5.41) is 0. The molecule has 0 spiro atoms. The number of benzene rings is 1. The maximum Gasteiger partial charge on any atom is 0.123 e. The number of rotatable bonds is 4. The highest BCUT2D eigenvalue weighted by Gasteiger charge is 2.19. The lowest BCUT2D eigenvalue weighted by molar-refractivity contribution is 0.267. The smallest absolute Gasteiger partial charge is 0.123 e. The van der Waals surface area contributed by atoms with E-state index in [-0.39, 0.29) is 5.41 Å². The van der Waals surface area contributed by atoms with E-state index in [9.17, 15) is 0 Å². The van der Waals surface area contributed by atoms with Gasteiger partial charge in [0.05, 0.1) is 6.61 Å². The number of aryl methyl sites for hydroxylation is 1. The van der Waals surface area contributed by atoms with Gasteiger partial charge >= 0.3 is 0 Å². The highest BCUT2D eigenvalue weighted by atomic mass is 32.1. The molecular weight excluding hydrogens is 228 g/mol. The molecule has 0 aliphatic rings. The Hall–Kier alpha value is -0.630. The molecular formula is C15H24OS. The van der Waals surface area contributed by atoms with E-state index in [1.165, 1.54) is 11.1 Å². The van der Waals surface area contributed by atoms with Crippen LogP contribution in [-0.2, 0) is 5.41 Å². The molecule has 0 aliphatic carbocycles. The Kier molecular flexibility index (Phi) is 4.93. The van der Waals surface area contributed by atoms with Crippen molar-refractivity contribution in [2.24, 2.45) is 5.92 Å². The first kappa shape index (κ1) is 14.4. The topological polar surface area (TPSA) is 9.23 Å². The summed E-state index contributed by atoms with van der Waals surface area (Å²) in [6.45, 7) is 11.6. The lowest BCUT2D eigenvalue weighted by Gasteiger charge is -2.24. The second kappa shape index (κ2) is 5.81. The first-order valence-corrected chi connectivity index (χ1v) is 6.82. The van der Waals surface area contributed by atoms with E-state index < -0.39 is 0 Å².